The van der Waals surface area contributed by atoms with Gasteiger partial charge in [0.05, 0.1) is 6.42 Å². The number of nitrogens with one attached hydrogen (secondary N) is 3. The first-order valence-corrected chi connectivity index (χ1v) is 8.26. The Morgan fingerprint density at radius 3 is 2.31 bits per heavy atom. The minimum Gasteiger partial charge on any atom is -0.444 e. The maximum atomic E-state index is 12.0. The number of rotatable bonds is 4. The van der Waals surface area contributed by atoms with Gasteiger partial charge in [0.25, 0.3) is 5.91 Å². The van der Waals surface area contributed by atoms with Crippen molar-refractivity contribution in [1.29, 1.82) is 0 Å². The molecule has 0 bridgehead atoms. The first kappa shape index (κ1) is 19.2. The molecule has 7 nitrogen and oxygen atoms in total. The molecule has 138 valence electrons. The van der Waals surface area contributed by atoms with E-state index in [-0.39, 0.29) is 18.9 Å². The number of alkyl carbamates (subject to hydrolysis) is 1. The van der Waals surface area contributed by atoms with Crippen molar-refractivity contribution in [3.05, 3.63) is 48.0 Å². The van der Waals surface area contributed by atoms with E-state index in [1.807, 2.05) is 42.5 Å². The molecule has 0 aliphatic heterocycles. The summed E-state index contributed by atoms with van der Waals surface area (Å²) in [5, 5.41) is 4.35. The van der Waals surface area contributed by atoms with E-state index in [1.54, 1.807) is 20.8 Å². The lowest BCUT2D eigenvalue weighted by Crippen LogP contribution is -2.47. The predicted octanol–water partition coefficient (Wildman–Crippen LogP) is 2.05. The molecule has 0 aliphatic carbocycles. The average Bonchev–Trinajstić information content (AvgIpc) is 2.57. The zero-order chi connectivity index (χ0) is 19.2. The molecule has 0 aromatic heterocycles. The molecule has 0 aliphatic rings. The van der Waals surface area contributed by atoms with Gasteiger partial charge in [0.1, 0.15) is 12.1 Å². The Bertz CT molecular complexity index is 807. The molecule has 7 heteroatoms. The first-order chi connectivity index (χ1) is 12.2. The van der Waals surface area contributed by atoms with Crippen LogP contribution in [0.3, 0.4) is 0 Å². The third-order valence-electron chi connectivity index (χ3n) is 3.36. The minimum atomic E-state index is -0.699. The van der Waals surface area contributed by atoms with Crippen molar-refractivity contribution in [2.75, 3.05) is 6.54 Å². The van der Waals surface area contributed by atoms with Crippen molar-refractivity contribution in [2.45, 2.75) is 32.8 Å². The van der Waals surface area contributed by atoms with Crippen LogP contribution in [0.4, 0.5) is 4.79 Å². The Morgan fingerprint density at radius 1 is 0.923 bits per heavy atom. The van der Waals surface area contributed by atoms with Gasteiger partial charge in [-0.1, -0.05) is 42.5 Å². The number of hydrazine groups is 1. The summed E-state index contributed by atoms with van der Waals surface area (Å²) in [5.74, 6) is -0.908. The number of amides is 3. The summed E-state index contributed by atoms with van der Waals surface area (Å²) in [6, 6.07) is 13.5. The fourth-order valence-electron chi connectivity index (χ4n) is 2.31. The molecule has 26 heavy (non-hydrogen) atoms. The summed E-state index contributed by atoms with van der Waals surface area (Å²) in [6.07, 6.45) is -0.573. The number of fused-ring (bicyclic) bond motifs is 1. The number of ether oxygens (including phenoxy) is 1. The van der Waals surface area contributed by atoms with E-state index in [4.69, 9.17) is 4.74 Å². The molecule has 2 aromatic carbocycles. The van der Waals surface area contributed by atoms with E-state index in [1.165, 1.54) is 0 Å². The molecular weight excluding hydrogens is 334 g/mol. The molecular formula is C19H23N3O4. The van der Waals surface area contributed by atoms with Crippen molar-refractivity contribution in [3.8, 4) is 0 Å². The summed E-state index contributed by atoms with van der Waals surface area (Å²) in [6.45, 7) is 4.87. The quantitative estimate of drug-likeness (QED) is 0.730. The summed E-state index contributed by atoms with van der Waals surface area (Å²) < 4.78 is 5.02. The van der Waals surface area contributed by atoms with Crippen LogP contribution in [-0.4, -0.2) is 30.1 Å². The number of hydrogen-bond donors (Lipinski definition) is 3. The van der Waals surface area contributed by atoms with Crippen LogP contribution in [0.5, 0.6) is 0 Å². The van der Waals surface area contributed by atoms with E-state index in [0.29, 0.717) is 0 Å². The summed E-state index contributed by atoms with van der Waals surface area (Å²) in [5.41, 5.74) is 4.81. The van der Waals surface area contributed by atoms with Gasteiger partial charge in [0, 0.05) is 0 Å². The molecule has 0 saturated heterocycles. The van der Waals surface area contributed by atoms with Crippen LogP contribution in [0.15, 0.2) is 42.5 Å². The van der Waals surface area contributed by atoms with Crippen LogP contribution in [0, 0.1) is 0 Å². The van der Waals surface area contributed by atoms with Gasteiger partial charge in [0.2, 0.25) is 5.91 Å². The second kappa shape index (κ2) is 8.33. The normalized spacial score (nSPS) is 10.9. The van der Waals surface area contributed by atoms with Gasteiger partial charge in [-0.25, -0.2) is 4.79 Å². The van der Waals surface area contributed by atoms with Crippen molar-refractivity contribution < 1.29 is 19.1 Å². The Balaban J connectivity index is 1.79. The topological polar surface area (TPSA) is 96.5 Å². The van der Waals surface area contributed by atoms with Crippen molar-refractivity contribution in [2.24, 2.45) is 0 Å². The van der Waals surface area contributed by atoms with Gasteiger partial charge in [-0.15, -0.1) is 0 Å². The highest BCUT2D eigenvalue weighted by atomic mass is 16.6. The van der Waals surface area contributed by atoms with Crippen molar-refractivity contribution in [1.82, 2.24) is 16.2 Å². The smallest absolute Gasteiger partial charge is 0.408 e. The predicted molar refractivity (Wildman–Crippen MR) is 98.2 cm³/mol. The Kier molecular flexibility index (Phi) is 6.16. The fraction of sp³-hybridized carbons (Fsp3) is 0.316. The second-order valence-corrected chi connectivity index (χ2v) is 6.77. The molecule has 3 N–H and O–H groups in total. The SMILES string of the molecule is CC(C)(C)OC(=O)NCC(=O)NNC(=O)Cc1cccc2ccccc12. The molecule has 3 amide bonds. The van der Waals surface area contributed by atoms with E-state index < -0.39 is 17.6 Å². The number of benzene rings is 2. The van der Waals surface area contributed by atoms with Gasteiger partial charge in [-0.05, 0) is 37.1 Å². The van der Waals surface area contributed by atoms with Gasteiger partial charge in [-0.3, -0.25) is 20.4 Å². The third kappa shape index (κ3) is 6.08. The zero-order valence-electron chi connectivity index (χ0n) is 15.1. The van der Waals surface area contributed by atoms with Gasteiger partial charge in [-0.2, -0.15) is 0 Å². The number of carbonyl (C=O) groups is 3. The van der Waals surface area contributed by atoms with Crippen molar-refractivity contribution in [3.63, 3.8) is 0 Å². The second-order valence-electron chi connectivity index (χ2n) is 6.77. The van der Waals surface area contributed by atoms with Crippen LogP contribution < -0.4 is 16.2 Å². The lowest BCUT2D eigenvalue weighted by atomic mass is 10.0. The van der Waals surface area contributed by atoms with E-state index in [0.717, 1.165) is 16.3 Å². The highest BCUT2D eigenvalue weighted by molar-refractivity contribution is 5.91. The van der Waals surface area contributed by atoms with Crippen LogP contribution >= 0.6 is 0 Å². The molecule has 0 unspecified atom stereocenters. The van der Waals surface area contributed by atoms with Gasteiger partial charge < -0.3 is 10.1 Å². The van der Waals surface area contributed by atoms with Gasteiger partial charge in [0.15, 0.2) is 0 Å². The maximum Gasteiger partial charge on any atom is 0.408 e. The molecule has 0 spiro atoms. The highest BCUT2D eigenvalue weighted by Gasteiger charge is 2.16. The first-order valence-electron chi connectivity index (χ1n) is 8.26. The monoisotopic (exact) mass is 357 g/mol. The molecule has 2 aromatic rings. The standard InChI is InChI=1S/C19H23N3O4/c1-19(2,3)26-18(25)20-12-17(24)22-21-16(23)11-14-9-6-8-13-7-4-5-10-15(13)14/h4-10H,11-12H2,1-3H3,(H,20,25)(H,21,23)(H,22,24). The Morgan fingerprint density at radius 2 is 1.58 bits per heavy atom. The lowest BCUT2D eigenvalue weighted by Gasteiger charge is -2.19. The van der Waals surface area contributed by atoms with E-state index in [9.17, 15) is 14.4 Å². The lowest BCUT2D eigenvalue weighted by molar-refractivity contribution is -0.128. The summed E-state index contributed by atoms with van der Waals surface area (Å²) in [7, 11) is 0. The van der Waals surface area contributed by atoms with Crippen molar-refractivity contribution >= 4 is 28.7 Å². The molecule has 0 fully saturated rings. The largest absolute Gasteiger partial charge is 0.444 e. The van der Waals surface area contributed by atoms with E-state index in [2.05, 4.69) is 16.2 Å². The fourth-order valence-corrected chi connectivity index (χ4v) is 2.31. The number of hydrogen-bond acceptors (Lipinski definition) is 4. The molecule has 0 heterocycles. The minimum absolute atomic E-state index is 0.126. The zero-order valence-corrected chi connectivity index (χ0v) is 15.1. The molecule has 0 radical (unpaired) electrons. The number of carbonyl (C=O) groups excluding carboxylic acids is 3. The van der Waals surface area contributed by atoms with Crippen LogP contribution in [-0.2, 0) is 20.7 Å². The third-order valence-corrected chi connectivity index (χ3v) is 3.36. The van der Waals surface area contributed by atoms with Crippen LogP contribution in [0.25, 0.3) is 10.8 Å². The van der Waals surface area contributed by atoms with E-state index >= 15 is 0 Å². The highest BCUT2D eigenvalue weighted by Crippen LogP contribution is 2.18. The molecule has 0 saturated carbocycles. The Hall–Kier alpha value is -3.09. The maximum absolute atomic E-state index is 12.0. The molecule has 0 atom stereocenters. The summed E-state index contributed by atoms with van der Waals surface area (Å²) >= 11 is 0. The van der Waals surface area contributed by atoms with Gasteiger partial charge >= 0.3 is 6.09 Å². The Labute approximate surface area is 152 Å². The van der Waals surface area contributed by atoms with Crippen LogP contribution in [0.2, 0.25) is 0 Å². The molecule has 2 rings (SSSR count). The average molecular weight is 357 g/mol. The summed E-state index contributed by atoms with van der Waals surface area (Å²) in [4.78, 5) is 35.2. The van der Waals surface area contributed by atoms with Crippen LogP contribution in [0.1, 0.15) is 26.3 Å².